The molecule has 3 rings (SSSR count). The molecule has 1 aromatic heterocycles. The van der Waals surface area contributed by atoms with E-state index in [-0.39, 0.29) is 11.6 Å². The fourth-order valence-electron chi connectivity index (χ4n) is 2.67. The van der Waals surface area contributed by atoms with Crippen LogP contribution in [-0.4, -0.2) is 37.0 Å². The van der Waals surface area contributed by atoms with E-state index in [0.717, 1.165) is 5.56 Å². The lowest BCUT2D eigenvalue weighted by Crippen LogP contribution is -2.26. The summed E-state index contributed by atoms with van der Waals surface area (Å²) in [5.74, 6) is 0.586. The molecule has 3 aromatic rings. The number of carbonyl (C=O) groups excluding carboxylic acids is 1. The first-order valence-corrected chi connectivity index (χ1v) is 8.75. The molecule has 2 aromatic carbocycles. The van der Waals surface area contributed by atoms with Gasteiger partial charge >= 0.3 is 0 Å². The minimum absolute atomic E-state index is 0.164. The number of carbonyl (C=O) groups is 1. The third-order valence-electron chi connectivity index (χ3n) is 4.21. The largest absolute Gasteiger partial charge is 0.497 e. The molecular formula is C21H21N3O5. The van der Waals surface area contributed by atoms with E-state index in [1.807, 2.05) is 19.1 Å². The van der Waals surface area contributed by atoms with E-state index in [9.17, 15) is 9.59 Å². The van der Waals surface area contributed by atoms with E-state index < -0.39 is 11.3 Å². The Labute approximate surface area is 167 Å². The number of hydrogen-bond acceptors (Lipinski definition) is 6. The maximum Gasteiger partial charge on any atom is 0.280 e. The van der Waals surface area contributed by atoms with Crippen LogP contribution in [0.4, 0.5) is 5.69 Å². The Bertz CT molecular complexity index is 1070. The lowest BCUT2D eigenvalue weighted by Gasteiger charge is -2.14. The molecule has 150 valence electrons. The Morgan fingerprint density at radius 2 is 1.55 bits per heavy atom. The molecule has 0 fully saturated rings. The number of rotatable bonds is 6. The van der Waals surface area contributed by atoms with Gasteiger partial charge in [0.05, 0.1) is 33.1 Å². The van der Waals surface area contributed by atoms with E-state index >= 15 is 0 Å². The van der Waals surface area contributed by atoms with Gasteiger partial charge in [0.25, 0.3) is 5.91 Å². The van der Waals surface area contributed by atoms with Crippen molar-refractivity contribution >= 4 is 11.6 Å². The van der Waals surface area contributed by atoms with Gasteiger partial charge in [-0.25, -0.2) is 0 Å². The second-order valence-electron chi connectivity index (χ2n) is 6.20. The number of nitrogens with one attached hydrogen (secondary N) is 1. The number of anilines is 1. The molecule has 0 aliphatic heterocycles. The van der Waals surface area contributed by atoms with Crippen LogP contribution in [-0.2, 0) is 0 Å². The molecule has 0 unspecified atom stereocenters. The maximum absolute atomic E-state index is 12.7. The van der Waals surface area contributed by atoms with E-state index in [0.29, 0.717) is 22.9 Å². The predicted molar refractivity (Wildman–Crippen MR) is 109 cm³/mol. The van der Waals surface area contributed by atoms with Crippen molar-refractivity contribution in [3.8, 4) is 23.1 Å². The van der Waals surface area contributed by atoms with Crippen molar-refractivity contribution in [3.63, 3.8) is 0 Å². The van der Waals surface area contributed by atoms with Gasteiger partial charge in [-0.2, -0.15) is 9.78 Å². The minimum atomic E-state index is -0.620. The highest BCUT2D eigenvalue weighted by atomic mass is 16.5. The molecule has 0 saturated carbocycles. The number of nitrogens with zero attached hydrogens (tertiary/aromatic N) is 2. The molecule has 0 aliphatic carbocycles. The van der Waals surface area contributed by atoms with Crippen LogP contribution in [0.5, 0.6) is 17.4 Å². The summed E-state index contributed by atoms with van der Waals surface area (Å²) in [6, 6.07) is 13.5. The molecule has 1 heterocycles. The maximum atomic E-state index is 12.7. The van der Waals surface area contributed by atoms with Gasteiger partial charge in [-0.1, -0.05) is 17.7 Å². The van der Waals surface area contributed by atoms with Crippen molar-refractivity contribution in [1.82, 2.24) is 9.78 Å². The predicted octanol–water partition coefficient (Wildman–Crippen LogP) is 2.82. The number of ether oxygens (including phenoxy) is 3. The zero-order valence-corrected chi connectivity index (χ0v) is 16.6. The lowest BCUT2D eigenvalue weighted by molar-refractivity contribution is 0.101. The molecule has 8 nitrogen and oxygen atoms in total. The first-order chi connectivity index (χ1) is 13.9. The summed E-state index contributed by atoms with van der Waals surface area (Å²) in [5, 5.41) is 6.92. The van der Waals surface area contributed by atoms with Crippen LogP contribution < -0.4 is 25.0 Å². The number of amides is 1. The Morgan fingerprint density at radius 1 is 0.931 bits per heavy atom. The molecular weight excluding hydrogens is 374 g/mol. The zero-order valence-electron chi connectivity index (χ0n) is 16.6. The van der Waals surface area contributed by atoms with Crippen LogP contribution in [0.1, 0.15) is 16.1 Å². The highest BCUT2D eigenvalue weighted by Gasteiger charge is 2.18. The lowest BCUT2D eigenvalue weighted by atomic mass is 10.2. The summed E-state index contributed by atoms with van der Waals surface area (Å²) in [6.45, 7) is 1.94. The molecule has 8 heteroatoms. The van der Waals surface area contributed by atoms with Crippen molar-refractivity contribution in [3.05, 3.63) is 70.0 Å². The number of aromatic nitrogens is 2. The summed E-state index contributed by atoms with van der Waals surface area (Å²) in [4.78, 5) is 25.1. The molecule has 0 bridgehead atoms. The van der Waals surface area contributed by atoms with E-state index in [2.05, 4.69) is 10.4 Å². The van der Waals surface area contributed by atoms with E-state index in [4.69, 9.17) is 14.2 Å². The smallest absolute Gasteiger partial charge is 0.280 e. The minimum Gasteiger partial charge on any atom is -0.497 e. The average Bonchev–Trinajstić information content (AvgIpc) is 2.74. The van der Waals surface area contributed by atoms with Gasteiger partial charge in [-0.05, 0) is 19.1 Å². The van der Waals surface area contributed by atoms with Crippen molar-refractivity contribution in [2.75, 3.05) is 26.6 Å². The Balaban J connectivity index is 2.06. The van der Waals surface area contributed by atoms with Gasteiger partial charge in [-0.3, -0.25) is 9.59 Å². The van der Waals surface area contributed by atoms with Gasteiger partial charge in [0.15, 0.2) is 5.69 Å². The Hall–Kier alpha value is -3.81. The summed E-state index contributed by atoms with van der Waals surface area (Å²) < 4.78 is 17.2. The monoisotopic (exact) mass is 395 g/mol. The SMILES string of the molecule is COc1cc(OC)cc(-n2nc(C(=O)Nc3ccc(C)cc3)c(=O)cc2OC)c1. The van der Waals surface area contributed by atoms with Crippen molar-refractivity contribution in [2.24, 2.45) is 0 Å². The highest BCUT2D eigenvalue weighted by molar-refractivity contribution is 6.02. The fourth-order valence-corrected chi connectivity index (χ4v) is 2.67. The normalized spacial score (nSPS) is 10.3. The molecule has 0 radical (unpaired) electrons. The van der Waals surface area contributed by atoms with Gasteiger partial charge in [-0.15, -0.1) is 0 Å². The van der Waals surface area contributed by atoms with Crippen LogP contribution in [0.2, 0.25) is 0 Å². The van der Waals surface area contributed by atoms with Crippen molar-refractivity contribution < 1.29 is 19.0 Å². The summed E-state index contributed by atoms with van der Waals surface area (Å²) in [6.07, 6.45) is 0. The Kier molecular flexibility index (Phi) is 5.82. The summed E-state index contributed by atoms with van der Waals surface area (Å²) in [7, 11) is 4.46. The third kappa shape index (κ3) is 4.37. The highest BCUT2D eigenvalue weighted by Crippen LogP contribution is 2.26. The van der Waals surface area contributed by atoms with E-state index in [1.54, 1.807) is 30.3 Å². The number of aryl methyl sites for hydroxylation is 1. The third-order valence-corrected chi connectivity index (χ3v) is 4.21. The molecule has 0 spiro atoms. The zero-order chi connectivity index (χ0) is 21.0. The standard InChI is InChI=1S/C21H21N3O5/c1-13-5-7-14(8-6-13)22-21(26)20-18(25)12-19(29-4)24(23-20)15-9-16(27-2)11-17(10-15)28-3/h5-12H,1-4H3,(H,22,26). The van der Waals surface area contributed by atoms with Crippen molar-refractivity contribution in [1.29, 1.82) is 0 Å². The molecule has 1 amide bonds. The number of benzene rings is 2. The van der Waals surface area contributed by atoms with E-state index in [1.165, 1.54) is 32.1 Å². The summed E-state index contributed by atoms with van der Waals surface area (Å²) >= 11 is 0. The van der Waals surface area contributed by atoms with Gasteiger partial charge in [0.1, 0.15) is 11.5 Å². The van der Waals surface area contributed by atoms with Crippen LogP contribution >= 0.6 is 0 Å². The first kappa shape index (κ1) is 19.9. The van der Waals surface area contributed by atoms with Gasteiger partial charge in [0, 0.05) is 23.9 Å². The quantitative estimate of drug-likeness (QED) is 0.690. The van der Waals surface area contributed by atoms with Gasteiger partial charge < -0.3 is 19.5 Å². The molecule has 29 heavy (non-hydrogen) atoms. The molecule has 0 atom stereocenters. The van der Waals surface area contributed by atoms with Gasteiger partial charge in [0.2, 0.25) is 11.3 Å². The van der Waals surface area contributed by atoms with Crippen LogP contribution in [0.15, 0.2) is 53.3 Å². The summed E-state index contributed by atoms with van der Waals surface area (Å²) in [5.41, 5.74) is 1.29. The fraction of sp³-hybridized carbons (Fsp3) is 0.190. The van der Waals surface area contributed by atoms with Crippen LogP contribution in [0.25, 0.3) is 5.69 Å². The molecule has 1 N–H and O–H groups in total. The Morgan fingerprint density at radius 3 is 2.10 bits per heavy atom. The second-order valence-corrected chi connectivity index (χ2v) is 6.20. The van der Waals surface area contributed by atoms with Crippen LogP contribution in [0.3, 0.4) is 0 Å². The number of methoxy groups -OCH3 is 3. The van der Waals surface area contributed by atoms with Crippen LogP contribution in [0, 0.1) is 6.92 Å². The molecule has 0 saturated heterocycles. The topological polar surface area (TPSA) is 91.7 Å². The second kappa shape index (κ2) is 8.47. The first-order valence-electron chi connectivity index (χ1n) is 8.75. The molecule has 0 aliphatic rings. The van der Waals surface area contributed by atoms with Crippen molar-refractivity contribution in [2.45, 2.75) is 6.92 Å². The average molecular weight is 395 g/mol. The number of hydrogen-bond donors (Lipinski definition) is 1.